The van der Waals surface area contributed by atoms with Gasteiger partial charge in [-0.15, -0.1) is 0 Å². The summed E-state index contributed by atoms with van der Waals surface area (Å²) in [7, 11) is 3.45. The summed E-state index contributed by atoms with van der Waals surface area (Å²) in [6.07, 6.45) is 5.96. The van der Waals surface area contributed by atoms with E-state index in [2.05, 4.69) is 24.3 Å². The van der Waals surface area contributed by atoms with E-state index >= 15 is 0 Å². The molecule has 1 N–H and O–H groups in total. The quantitative estimate of drug-likeness (QED) is 0.775. The highest BCUT2D eigenvalue weighted by atomic mass is 35.5. The molecule has 0 amide bonds. The molecule has 3 aliphatic rings. The molecule has 0 saturated heterocycles. The molecule has 0 bridgehead atoms. The zero-order valence-electron chi connectivity index (χ0n) is 15.8. The van der Waals surface area contributed by atoms with Crippen molar-refractivity contribution < 1.29 is 14.6 Å². The normalized spacial score (nSPS) is 37.7. The third-order valence-electron chi connectivity index (χ3n) is 7.62. The summed E-state index contributed by atoms with van der Waals surface area (Å²) in [5.41, 5.74) is 1.60. The third kappa shape index (κ3) is 2.38. The Bertz CT molecular complexity index is 762. The molecule has 0 aliphatic heterocycles. The van der Waals surface area contributed by atoms with E-state index in [0.717, 1.165) is 50.0 Å². The van der Waals surface area contributed by atoms with Crippen molar-refractivity contribution in [3.8, 4) is 22.8 Å². The molecule has 0 heterocycles. The number of aliphatic hydroxyl groups is 1. The highest BCUT2D eigenvalue weighted by Gasteiger charge is 2.61. The maximum atomic E-state index is 11.2. The Hall–Kier alpha value is -1.37. The Morgan fingerprint density at radius 3 is 2.65 bits per heavy atom. The standard InChI is InChI=1S/C22H27ClO3/c1-21-8-6-17-16(18(21)7-9-22(21,24)10-11-23)5-4-14-12-15(25-2)13-19(26-3)20(14)17/h12-13,16-18,24H,4-9H2,1-3H3/t16-,17-,18-,21-,22+/m0/s1. The molecule has 2 saturated carbocycles. The monoisotopic (exact) mass is 374 g/mol. The predicted octanol–water partition coefficient (Wildman–Crippen LogP) is 4.49. The summed E-state index contributed by atoms with van der Waals surface area (Å²) < 4.78 is 11.2. The first-order valence-electron chi connectivity index (χ1n) is 9.57. The second-order valence-electron chi connectivity index (χ2n) is 8.39. The Morgan fingerprint density at radius 1 is 1.15 bits per heavy atom. The van der Waals surface area contributed by atoms with Gasteiger partial charge in [-0.3, -0.25) is 0 Å². The van der Waals surface area contributed by atoms with Crippen LogP contribution in [0.4, 0.5) is 0 Å². The second-order valence-corrected chi connectivity index (χ2v) is 8.58. The van der Waals surface area contributed by atoms with E-state index in [0.29, 0.717) is 17.8 Å². The van der Waals surface area contributed by atoms with E-state index in [1.807, 2.05) is 6.07 Å². The number of aryl methyl sites for hydroxylation is 1. The van der Waals surface area contributed by atoms with Crippen LogP contribution in [0.15, 0.2) is 12.1 Å². The lowest BCUT2D eigenvalue weighted by Gasteiger charge is -2.52. The lowest BCUT2D eigenvalue weighted by atomic mass is 9.53. The van der Waals surface area contributed by atoms with Crippen molar-refractivity contribution in [3.05, 3.63) is 23.3 Å². The molecule has 140 valence electrons. The maximum absolute atomic E-state index is 11.2. The fourth-order valence-corrected chi connectivity index (χ4v) is 6.40. The molecular weight excluding hydrogens is 348 g/mol. The minimum Gasteiger partial charge on any atom is -0.497 e. The predicted molar refractivity (Wildman–Crippen MR) is 103 cm³/mol. The maximum Gasteiger partial charge on any atom is 0.132 e. The SMILES string of the molecule is COc1cc2c(c(OC)c1)[C@H]1CC[C@@]3(C)[C@@H](CC[C@@]3(O)C#CCl)[C@H]1CC2. The van der Waals surface area contributed by atoms with Crippen molar-refractivity contribution >= 4 is 11.6 Å². The summed E-state index contributed by atoms with van der Waals surface area (Å²) in [5.74, 6) is 6.29. The molecule has 2 fully saturated rings. The Morgan fingerprint density at radius 2 is 1.96 bits per heavy atom. The van der Waals surface area contributed by atoms with Crippen molar-refractivity contribution in [1.82, 2.24) is 0 Å². The van der Waals surface area contributed by atoms with Crippen LogP contribution in [-0.4, -0.2) is 24.9 Å². The van der Waals surface area contributed by atoms with E-state index in [-0.39, 0.29) is 5.41 Å². The van der Waals surface area contributed by atoms with Gasteiger partial charge in [0, 0.05) is 22.4 Å². The van der Waals surface area contributed by atoms with Crippen LogP contribution < -0.4 is 9.47 Å². The minimum absolute atomic E-state index is 0.173. The van der Waals surface area contributed by atoms with Crippen LogP contribution in [0.3, 0.4) is 0 Å². The van der Waals surface area contributed by atoms with Gasteiger partial charge in [0.1, 0.15) is 17.1 Å². The number of halogens is 1. The van der Waals surface area contributed by atoms with Gasteiger partial charge in [0.05, 0.1) is 14.2 Å². The van der Waals surface area contributed by atoms with Crippen molar-refractivity contribution in [2.24, 2.45) is 17.3 Å². The molecule has 5 atom stereocenters. The molecule has 0 spiro atoms. The molecule has 1 aromatic carbocycles. The van der Waals surface area contributed by atoms with Crippen LogP contribution in [-0.2, 0) is 6.42 Å². The van der Waals surface area contributed by atoms with Crippen molar-refractivity contribution in [1.29, 1.82) is 0 Å². The zero-order valence-corrected chi connectivity index (χ0v) is 16.5. The van der Waals surface area contributed by atoms with Gasteiger partial charge in [0.15, 0.2) is 0 Å². The first-order chi connectivity index (χ1) is 12.5. The summed E-state index contributed by atoms with van der Waals surface area (Å²) in [4.78, 5) is 0. The Kier molecular flexibility index (Phi) is 4.40. The smallest absolute Gasteiger partial charge is 0.132 e. The molecule has 3 nitrogen and oxygen atoms in total. The molecule has 26 heavy (non-hydrogen) atoms. The first-order valence-corrected chi connectivity index (χ1v) is 9.95. The van der Waals surface area contributed by atoms with Gasteiger partial charge >= 0.3 is 0 Å². The largest absolute Gasteiger partial charge is 0.497 e. The van der Waals surface area contributed by atoms with Gasteiger partial charge in [-0.25, -0.2) is 0 Å². The van der Waals surface area contributed by atoms with Crippen molar-refractivity contribution in [3.63, 3.8) is 0 Å². The molecule has 4 heteroatoms. The number of rotatable bonds is 2. The van der Waals surface area contributed by atoms with E-state index in [1.165, 1.54) is 11.1 Å². The summed E-state index contributed by atoms with van der Waals surface area (Å²) in [6, 6.07) is 4.19. The third-order valence-corrected chi connectivity index (χ3v) is 7.71. The number of fused-ring (bicyclic) bond motifs is 5. The van der Waals surface area contributed by atoms with E-state index in [9.17, 15) is 5.11 Å². The average molecular weight is 375 g/mol. The minimum atomic E-state index is -0.950. The van der Waals surface area contributed by atoms with Gasteiger partial charge < -0.3 is 14.6 Å². The lowest BCUT2D eigenvalue weighted by molar-refractivity contribution is -0.0649. The van der Waals surface area contributed by atoms with Gasteiger partial charge in [-0.2, -0.15) is 0 Å². The Labute approximate surface area is 161 Å². The highest BCUT2D eigenvalue weighted by Crippen LogP contribution is 2.65. The molecule has 1 aromatic rings. The lowest BCUT2D eigenvalue weighted by Crippen LogP contribution is -2.50. The summed E-state index contributed by atoms with van der Waals surface area (Å²) in [6.45, 7) is 2.23. The number of methoxy groups -OCH3 is 2. The van der Waals surface area contributed by atoms with Crippen molar-refractivity contribution in [2.45, 2.75) is 57.0 Å². The number of hydrogen-bond acceptors (Lipinski definition) is 3. The average Bonchev–Trinajstić information content (AvgIpc) is 2.91. The topological polar surface area (TPSA) is 38.7 Å². The molecule has 0 radical (unpaired) electrons. The van der Waals surface area contributed by atoms with E-state index in [4.69, 9.17) is 21.1 Å². The van der Waals surface area contributed by atoms with Crippen molar-refractivity contribution in [2.75, 3.05) is 14.2 Å². The fraction of sp³-hybridized carbons (Fsp3) is 0.636. The van der Waals surface area contributed by atoms with Gasteiger partial charge in [0.25, 0.3) is 0 Å². The van der Waals surface area contributed by atoms with E-state index in [1.54, 1.807) is 14.2 Å². The zero-order chi connectivity index (χ0) is 18.5. The van der Waals surface area contributed by atoms with E-state index < -0.39 is 5.60 Å². The molecule has 4 rings (SSSR count). The first kappa shape index (κ1) is 18.0. The van der Waals surface area contributed by atoms with Crippen LogP contribution in [0.2, 0.25) is 0 Å². The second kappa shape index (κ2) is 6.36. The van der Waals surface area contributed by atoms with Crippen LogP contribution >= 0.6 is 11.6 Å². The van der Waals surface area contributed by atoms with Gasteiger partial charge in [0.2, 0.25) is 0 Å². The molecule has 3 aliphatic carbocycles. The van der Waals surface area contributed by atoms with Gasteiger partial charge in [-0.1, -0.05) is 12.8 Å². The van der Waals surface area contributed by atoms with Gasteiger partial charge in [-0.05, 0) is 79.5 Å². The Balaban J connectivity index is 1.74. The highest BCUT2D eigenvalue weighted by molar-refractivity contribution is 6.30. The molecule has 0 aromatic heterocycles. The summed E-state index contributed by atoms with van der Waals surface area (Å²) in [5, 5.41) is 13.7. The fourth-order valence-electron chi connectivity index (χ4n) is 6.24. The van der Waals surface area contributed by atoms with Crippen LogP contribution in [0.5, 0.6) is 11.5 Å². The summed E-state index contributed by atoms with van der Waals surface area (Å²) >= 11 is 5.69. The van der Waals surface area contributed by atoms with Crippen LogP contribution in [0, 0.1) is 28.6 Å². The van der Waals surface area contributed by atoms with Crippen LogP contribution in [0.25, 0.3) is 0 Å². The number of ether oxygens (including phenoxy) is 2. The number of benzene rings is 1. The molecule has 0 unspecified atom stereocenters. The van der Waals surface area contributed by atoms with Crippen LogP contribution in [0.1, 0.15) is 56.1 Å². The number of hydrogen-bond donors (Lipinski definition) is 1. The molecular formula is C22H27ClO3.